The number of carbonyl (C=O) groups is 1. The van der Waals surface area contributed by atoms with E-state index in [2.05, 4.69) is 4.98 Å². The second-order valence-electron chi connectivity index (χ2n) is 6.80. The van der Waals surface area contributed by atoms with Gasteiger partial charge >= 0.3 is 5.97 Å². The smallest absolute Gasteiger partial charge is 0.355 e. The van der Waals surface area contributed by atoms with Gasteiger partial charge < -0.3 is 15.5 Å². The molecule has 1 aliphatic rings. The molecule has 1 fully saturated rings. The van der Waals surface area contributed by atoms with Crippen LogP contribution < -0.4 is 5.73 Å². The fourth-order valence-electron chi connectivity index (χ4n) is 3.70. The Hall–Kier alpha value is -2.16. The van der Waals surface area contributed by atoms with Crippen molar-refractivity contribution in [2.75, 3.05) is 19.7 Å². The highest BCUT2D eigenvalue weighted by atomic mass is 32.2. The molecule has 1 saturated heterocycles. The van der Waals surface area contributed by atoms with Crippen molar-refractivity contribution in [3.8, 4) is 0 Å². The number of aromatic amines is 1. The standard InChI is InChI=1S/C19H25N3O4S/c1-4-26-19(23)17-12(2)18(13(3)21-17)27(24,25)22-10-15(16(20)11-22)14-8-6-5-7-9-14/h5-9,15-16,21H,4,10-11,20H2,1-3H3/t15-,16+/m0/s1. The Morgan fingerprint density at radius 1 is 1.26 bits per heavy atom. The van der Waals surface area contributed by atoms with Crippen LogP contribution in [-0.4, -0.2) is 49.4 Å². The monoisotopic (exact) mass is 391 g/mol. The van der Waals surface area contributed by atoms with Gasteiger partial charge in [0.1, 0.15) is 10.6 Å². The molecule has 3 rings (SSSR count). The maximum absolute atomic E-state index is 13.3. The molecule has 0 bridgehead atoms. The Balaban J connectivity index is 1.93. The minimum atomic E-state index is -3.79. The summed E-state index contributed by atoms with van der Waals surface area (Å²) in [5.41, 5.74) is 8.26. The predicted octanol–water partition coefficient (Wildman–Crippen LogP) is 1.92. The summed E-state index contributed by atoms with van der Waals surface area (Å²) in [5, 5.41) is 0. The van der Waals surface area contributed by atoms with Crippen molar-refractivity contribution in [1.82, 2.24) is 9.29 Å². The van der Waals surface area contributed by atoms with Gasteiger partial charge in [0.25, 0.3) is 0 Å². The van der Waals surface area contributed by atoms with Crippen LogP contribution in [0.25, 0.3) is 0 Å². The van der Waals surface area contributed by atoms with Gasteiger partial charge in [-0.25, -0.2) is 13.2 Å². The molecular formula is C19H25N3O4S. The summed E-state index contributed by atoms with van der Waals surface area (Å²) < 4.78 is 33.0. The number of esters is 1. The summed E-state index contributed by atoms with van der Waals surface area (Å²) in [6.07, 6.45) is 0. The van der Waals surface area contributed by atoms with Crippen LogP contribution >= 0.6 is 0 Å². The largest absolute Gasteiger partial charge is 0.461 e. The molecule has 2 atom stereocenters. The van der Waals surface area contributed by atoms with Crippen molar-refractivity contribution in [2.45, 2.75) is 37.6 Å². The summed E-state index contributed by atoms with van der Waals surface area (Å²) in [7, 11) is -3.79. The van der Waals surface area contributed by atoms with Crippen LogP contribution in [0.3, 0.4) is 0 Å². The summed E-state index contributed by atoms with van der Waals surface area (Å²) in [6.45, 7) is 5.74. The van der Waals surface area contributed by atoms with Crippen LogP contribution in [-0.2, 0) is 14.8 Å². The van der Waals surface area contributed by atoms with Gasteiger partial charge in [-0.1, -0.05) is 30.3 Å². The second-order valence-corrected chi connectivity index (χ2v) is 8.68. The van der Waals surface area contributed by atoms with Gasteiger partial charge in [0.05, 0.1) is 6.61 Å². The first kappa shape index (κ1) is 19.6. The Kier molecular flexibility index (Phi) is 5.41. The number of H-pyrrole nitrogens is 1. The van der Waals surface area contributed by atoms with Gasteiger partial charge in [-0.05, 0) is 26.3 Å². The van der Waals surface area contributed by atoms with Crippen molar-refractivity contribution in [2.24, 2.45) is 5.73 Å². The molecule has 0 radical (unpaired) electrons. The summed E-state index contributed by atoms with van der Waals surface area (Å²) >= 11 is 0. The highest BCUT2D eigenvalue weighted by molar-refractivity contribution is 7.89. The number of hydrogen-bond donors (Lipinski definition) is 2. The first-order chi connectivity index (χ1) is 12.8. The zero-order chi connectivity index (χ0) is 19.8. The molecule has 1 aromatic carbocycles. The number of nitrogens with two attached hydrogens (primary N) is 1. The molecule has 146 valence electrons. The Labute approximate surface area is 159 Å². The quantitative estimate of drug-likeness (QED) is 0.758. The number of sulfonamides is 1. The van der Waals surface area contributed by atoms with Crippen molar-refractivity contribution in [3.63, 3.8) is 0 Å². The normalized spacial score (nSPS) is 20.7. The summed E-state index contributed by atoms with van der Waals surface area (Å²) in [6, 6.07) is 9.41. The molecule has 1 aliphatic heterocycles. The predicted molar refractivity (Wildman–Crippen MR) is 102 cm³/mol. The fourth-order valence-corrected chi connectivity index (χ4v) is 5.61. The molecule has 27 heavy (non-hydrogen) atoms. The molecule has 0 unspecified atom stereocenters. The molecular weight excluding hydrogens is 366 g/mol. The topological polar surface area (TPSA) is 105 Å². The van der Waals surface area contributed by atoms with Gasteiger partial charge in [0, 0.05) is 36.3 Å². The van der Waals surface area contributed by atoms with Crippen LogP contribution in [0, 0.1) is 13.8 Å². The molecule has 1 aromatic heterocycles. The summed E-state index contributed by atoms with van der Waals surface area (Å²) in [5.74, 6) is -0.620. The van der Waals surface area contributed by atoms with E-state index in [4.69, 9.17) is 10.5 Å². The van der Waals surface area contributed by atoms with Gasteiger partial charge in [-0.2, -0.15) is 4.31 Å². The van der Waals surface area contributed by atoms with E-state index in [1.807, 2.05) is 30.3 Å². The number of hydrogen-bond acceptors (Lipinski definition) is 5. The Bertz CT molecular complexity index is 937. The number of nitrogens with zero attached hydrogens (tertiary/aromatic N) is 1. The lowest BCUT2D eigenvalue weighted by Gasteiger charge is -2.17. The maximum atomic E-state index is 13.3. The van der Waals surface area contributed by atoms with E-state index in [1.54, 1.807) is 20.8 Å². The third kappa shape index (κ3) is 3.52. The van der Waals surface area contributed by atoms with Crippen molar-refractivity contribution >= 4 is 16.0 Å². The molecule has 8 heteroatoms. The lowest BCUT2D eigenvalue weighted by Crippen LogP contribution is -2.32. The highest BCUT2D eigenvalue weighted by Gasteiger charge is 2.40. The molecule has 0 saturated carbocycles. The molecule has 0 aliphatic carbocycles. The Morgan fingerprint density at radius 2 is 1.93 bits per heavy atom. The number of aryl methyl sites for hydroxylation is 1. The fraction of sp³-hybridized carbons (Fsp3) is 0.421. The van der Waals surface area contributed by atoms with Crippen LogP contribution in [0.2, 0.25) is 0 Å². The third-order valence-electron chi connectivity index (χ3n) is 5.01. The maximum Gasteiger partial charge on any atom is 0.355 e. The van der Waals surface area contributed by atoms with Gasteiger partial charge in [-0.15, -0.1) is 0 Å². The van der Waals surface area contributed by atoms with Crippen molar-refractivity contribution in [3.05, 3.63) is 52.8 Å². The molecule has 2 aromatic rings. The number of benzene rings is 1. The van der Waals surface area contributed by atoms with E-state index in [9.17, 15) is 13.2 Å². The lowest BCUT2D eigenvalue weighted by molar-refractivity contribution is 0.0519. The van der Waals surface area contributed by atoms with Crippen molar-refractivity contribution < 1.29 is 17.9 Å². The van der Waals surface area contributed by atoms with Crippen molar-refractivity contribution in [1.29, 1.82) is 0 Å². The molecule has 2 heterocycles. The van der Waals surface area contributed by atoms with Crippen LogP contribution in [0.15, 0.2) is 35.2 Å². The van der Waals surface area contributed by atoms with E-state index in [0.717, 1.165) is 5.56 Å². The lowest BCUT2D eigenvalue weighted by atomic mass is 9.95. The van der Waals surface area contributed by atoms with E-state index in [-0.39, 0.29) is 35.7 Å². The number of carbonyl (C=O) groups excluding carboxylic acids is 1. The first-order valence-corrected chi connectivity index (χ1v) is 10.4. The zero-order valence-electron chi connectivity index (χ0n) is 15.7. The van der Waals surface area contributed by atoms with Gasteiger partial charge in [-0.3, -0.25) is 0 Å². The van der Waals surface area contributed by atoms with Gasteiger partial charge in [0.15, 0.2) is 0 Å². The molecule has 0 amide bonds. The first-order valence-electron chi connectivity index (χ1n) is 8.94. The van der Waals surface area contributed by atoms with Crippen LogP contribution in [0.5, 0.6) is 0 Å². The Morgan fingerprint density at radius 3 is 2.56 bits per heavy atom. The number of rotatable bonds is 5. The van der Waals surface area contributed by atoms with E-state index < -0.39 is 16.0 Å². The molecule has 7 nitrogen and oxygen atoms in total. The number of ether oxygens (including phenoxy) is 1. The van der Waals surface area contributed by atoms with Crippen LogP contribution in [0.4, 0.5) is 0 Å². The van der Waals surface area contributed by atoms with E-state index in [1.165, 1.54) is 4.31 Å². The SMILES string of the molecule is CCOC(=O)c1[nH]c(C)c(S(=O)(=O)N2C[C@@H](N)[C@H](c3ccccc3)C2)c1C. The van der Waals surface area contributed by atoms with Crippen LogP contribution in [0.1, 0.15) is 40.2 Å². The summed E-state index contributed by atoms with van der Waals surface area (Å²) in [4.78, 5) is 15.1. The molecule has 0 spiro atoms. The average molecular weight is 391 g/mol. The number of aromatic nitrogens is 1. The molecule has 3 N–H and O–H groups in total. The number of nitrogens with one attached hydrogen (secondary N) is 1. The second kappa shape index (κ2) is 7.46. The van der Waals surface area contributed by atoms with Gasteiger partial charge in [0.2, 0.25) is 10.0 Å². The average Bonchev–Trinajstić information content (AvgIpc) is 3.16. The minimum Gasteiger partial charge on any atom is -0.461 e. The third-order valence-corrected chi connectivity index (χ3v) is 7.11. The minimum absolute atomic E-state index is 0.0648. The zero-order valence-corrected chi connectivity index (χ0v) is 16.5. The van der Waals surface area contributed by atoms with E-state index in [0.29, 0.717) is 17.8 Å². The van der Waals surface area contributed by atoms with E-state index >= 15 is 0 Å². The highest BCUT2D eigenvalue weighted by Crippen LogP contribution is 2.33.